The number of fused-ring (bicyclic) bond motifs is 1. The van der Waals surface area contributed by atoms with Crippen molar-refractivity contribution >= 4 is 22.3 Å². The van der Waals surface area contributed by atoms with Crippen LogP contribution in [-0.4, -0.2) is 14.8 Å². The molecular weight excluding hydrogens is 278 g/mol. The highest BCUT2D eigenvalue weighted by atomic mass is 16.3. The summed E-state index contributed by atoms with van der Waals surface area (Å²) in [7, 11) is 0. The topological polar surface area (TPSA) is 70.1 Å². The first kappa shape index (κ1) is 13.9. The molecule has 3 rings (SSSR count). The number of rotatable bonds is 4. The summed E-state index contributed by atoms with van der Waals surface area (Å²) < 4.78 is 1.71. The number of phenols is 1. The number of para-hydroxylation sites is 2. The van der Waals surface area contributed by atoms with E-state index in [1.54, 1.807) is 28.8 Å². The minimum atomic E-state index is 0.0280. The summed E-state index contributed by atoms with van der Waals surface area (Å²) in [6.45, 7) is 4.17. The van der Waals surface area contributed by atoms with Crippen LogP contribution in [0.25, 0.3) is 10.9 Å². The van der Waals surface area contributed by atoms with Crippen LogP contribution in [0.5, 0.6) is 11.6 Å². The number of aromatic nitrogens is 1. The van der Waals surface area contributed by atoms with Gasteiger partial charge in [0.2, 0.25) is 5.88 Å². The van der Waals surface area contributed by atoms with E-state index in [2.05, 4.69) is 16.8 Å². The summed E-state index contributed by atoms with van der Waals surface area (Å²) >= 11 is 0. The Morgan fingerprint density at radius 3 is 2.50 bits per heavy atom. The van der Waals surface area contributed by atoms with Gasteiger partial charge in [0, 0.05) is 11.9 Å². The first-order chi connectivity index (χ1) is 10.7. The Kier molecular flexibility index (Phi) is 3.62. The fourth-order valence-electron chi connectivity index (χ4n) is 2.34. The van der Waals surface area contributed by atoms with E-state index in [9.17, 15) is 10.2 Å². The molecule has 0 unspecified atom stereocenters. The van der Waals surface area contributed by atoms with E-state index in [1.807, 2.05) is 24.3 Å². The molecule has 0 atom stereocenters. The number of allylic oxidation sites excluding steroid dienone is 1. The lowest BCUT2D eigenvalue weighted by molar-refractivity contribution is 0.431. The van der Waals surface area contributed by atoms with Crippen LogP contribution < -0.4 is 0 Å². The van der Waals surface area contributed by atoms with Gasteiger partial charge in [0.15, 0.2) is 5.69 Å². The van der Waals surface area contributed by atoms with Gasteiger partial charge in [-0.3, -0.25) is 0 Å². The van der Waals surface area contributed by atoms with Crippen LogP contribution in [-0.2, 0) is 6.54 Å². The Bertz CT molecular complexity index is 865. The summed E-state index contributed by atoms with van der Waals surface area (Å²) in [5, 5.41) is 29.1. The lowest BCUT2D eigenvalue weighted by atomic mass is 10.2. The second-order valence-electron chi connectivity index (χ2n) is 4.78. The Hall–Kier alpha value is -3.08. The standard InChI is InChI=1S/C17H15N3O2/c1-2-11-20-14-9-5-3-7-12(14)16(17(20)22)19-18-13-8-4-6-10-15(13)21/h2-10,21-22H,1,11H2. The van der Waals surface area contributed by atoms with Gasteiger partial charge in [-0.15, -0.1) is 16.8 Å². The summed E-state index contributed by atoms with van der Waals surface area (Å²) in [4.78, 5) is 0. The lowest BCUT2D eigenvalue weighted by Gasteiger charge is -2.01. The predicted molar refractivity (Wildman–Crippen MR) is 86.1 cm³/mol. The molecule has 1 aromatic heterocycles. The molecule has 22 heavy (non-hydrogen) atoms. The van der Waals surface area contributed by atoms with Crippen molar-refractivity contribution in [1.29, 1.82) is 0 Å². The zero-order chi connectivity index (χ0) is 15.5. The van der Waals surface area contributed by atoms with Crippen LogP contribution in [0.4, 0.5) is 11.4 Å². The second kappa shape index (κ2) is 5.73. The van der Waals surface area contributed by atoms with Gasteiger partial charge in [0.1, 0.15) is 11.4 Å². The van der Waals surface area contributed by atoms with Crippen LogP contribution >= 0.6 is 0 Å². The smallest absolute Gasteiger partial charge is 0.221 e. The van der Waals surface area contributed by atoms with Crippen LogP contribution in [0.15, 0.2) is 71.4 Å². The number of hydrogen-bond donors (Lipinski definition) is 2. The molecule has 3 aromatic rings. The third-order valence-electron chi connectivity index (χ3n) is 3.37. The van der Waals surface area contributed by atoms with Crippen molar-refractivity contribution in [3.05, 3.63) is 61.2 Å². The van der Waals surface area contributed by atoms with Gasteiger partial charge in [-0.05, 0) is 18.2 Å². The molecular formula is C17H15N3O2. The highest BCUT2D eigenvalue weighted by Gasteiger charge is 2.15. The lowest BCUT2D eigenvalue weighted by Crippen LogP contribution is -1.92. The minimum absolute atomic E-state index is 0.0280. The number of nitrogens with zero attached hydrogens (tertiary/aromatic N) is 3. The average Bonchev–Trinajstić information content (AvgIpc) is 2.80. The van der Waals surface area contributed by atoms with Crippen molar-refractivity contribution in [2.45, 2.75) is 6.54 Å². The summed E-state index contributed by atoms with van der Waals surface area (Å²) in [6, 6.07) is 14.2. The zero-order valence-corrected chi connectivity index (χ0v) is 11.8. The molecule has 110 valence electrons. The molecule has 0 aliphatic rings. The molecule has 2 aromatic carbocycles. The molecule has 0 amide bonds. The minimum Gasteiger partial charge on any atom is -0.506 e. The van der Waals surface area contributed by atoms with E-state index in [1.165, 1.54) is 6.07 Å². The predicted octanol–water partition coefficient (Wildman–Crippen LogP) is 4.65. The Labute approximate surface area is 127 Å². The number of aromatic hydroxyl groups is 2. The van der Waals surface area contributed by atoms with Crippen molar-refractivity contribution < 1.29 is 10.2 Å². The van der Waals surface area contributed by atoms with Crippen LogP contribution in [0.1, 0.15) is 0 Å². The third kappa shape index (κ3) is 2.33. The van der Waals surface area contributed by atoms with Crippen molar-refractivity contribution in [3.63, 3.8) is 0 Å². The van der Waals surface area contributed by atoms with Crippen LogP contribution in [0.2, 0.25) is 0 Å². The SMILES string of the molecule is C=CCn1c(O)c(N=Nc2ccccc2O)c2ccccc21. The molecule has 0 bridgehead atoms. The summed E-state index contributed by atoms with van der Waals surface area (Å²) in [5.41, 5.74) is 1.58. The second-order valence-corrected chi connectivity index (χ2v) is 4.78. The maximum absolute atomic E-state index is 10.4. The monoisotopic (exact) mass is 293 g/mol. The fourth-order valence-corrected chi connectivity index (χ4v) is 2.34. The van der Waals surface area contributed by atoms with Crippen molar-refractivity contribution in [2.75, 3.05) is 0 Å². The third-order valence-corrected chi connectivity index (χ3v) is 3.37. The maximum atomic E-state index is 10.4. The fraction of sp³-hybridized carbons (Fsp3) is 0.0588. The van der Waals surface area contributed by atoms with Gasteiger partial charge in [0.25, 0.3) is 0 Å². The molecule has 2 N–H and O–H groups in total. The van der Waals surface area contributed by atoms with Gasteiger partial charge in [0.05, 0.1) is 5.52 Å². The molecule has 0 saturated carbocycles. The molecule has 0 fully saturated rings. The molecule has 5 nitrogen and oxygen atoms in total. The largest absolute Gasteiger partial charge is 0.506 e. The molecule has 0 aliphatic heterocycles. The van der Waals surface area contributed by atoms with E-state index in [0.29, 0.717) is 17.9 Å². The molecule has 5 heteroatoms. The van der Waals surface area contributed by atoms with Gasteiger partial charge < -0.3 is 14.8 Å². The van der Waals surface area contributed by atoms with Crippen molar-refractivity contribution in [3.8, 4) is 11.6 Å². The van der Waals surface area contributed by atoms with Crippen molar-refractivity contribution in [1.82, 2.24) is 4.57 Å². The number of phenolic OH excluding ortho intramolecular Hbond substituents is 1. The number of azo groups is 1. The molecule has 1 heterocycles. The van der Waals surface area contributed by atoms with Crippen LogP contribution in [0, 0.1) is 0 Å². The van der Waals surface area contributed by atoms with E-state index >= 15 is 0 Å². The normalized spacial score (nSPS) is 11.3. The first-order valence-electron chi connectivity index (χ1n) is 6.83. The van der Waals surface area contributed by atoms with Gasteiger partial charge in [-0.25, -0.2) is 0 Å². The molecule has 0 radical (unpaired) electrons. The van der Waals surface area contributed by atoms with Crippen LogP contribution in [0.3, 0.4) is 0 Å². The van der Waals surface area contributed by atoms with Gasteiger partial charge >= 0.3 is 0 Å². The maximum Gasteiger partial charge on any atom is 0.221 e. The Balaban J connectivity index is 2.13. The van der Waals surface area contributed by atoms with E-state index in [4.69, 9.17) is 0 Å². The molecule has 0 aliphatic carbocycles. The number of hydrogen-bond acceptors (Lipinski definition) is 4. The van der Waals surface area contributed by atoms with E-state index in [-0.39, 0.29) is 11.6 Å². The summed E-state index contributed by atoms with van der Waals surface area (Å²) in [5.74, 6) is 0.0702. The Morgan fingerprint density at radius 2 is 1.73 bits per heavy atom. The highest BCUT2D eigenvalue weighted by Crippen LogP contribution is 2.40. The van der Waals surface area contributed by atoms with Crippen molar-refractivity contribution in [2.24, 2.45) is 10.2 Å². The molecule has 0 saturated heterocycles. The number of benzene rings is 2. The van der Waals surface area contributed by atoms with Gasteiger partial charge in [-0.1, -0.05) is 36.4 Å². The highest BCUT2D eigenvalue weighted by molar-refractivity contribution is 5.95. The average molecular weight is 293 g/mol. The zero-order valence-electron chi connectivity index (χ0n) is 11.8. The van der Waals surface area contributed by atoms with Gasteiger partial charge in [-0.2, -0.15) is 0 Å². The van der Waals surface area contributed by atoms with E-state index in [0.717, 1.165) is 10.9 Å². The van der Waals surface area contributed by atoms with E-state index < -0.39 is 0 Å². The Morgan fingerprint density at radius 1 is 1.00 bits per heavy atom. The quantitative estimate of drug-likeness (QED) is 0.542. The first-order valence-corrected chi connectivity index (χ1v) is 6.83. The molecule has 0 spiro atoms. The summed E-state index contributed by atoms with van der Waals surface area (Å²) in [6.07, 6.45) is 1.70.